The smallest absolute Gasteiger partial charge is 0.119 e. The zero-order valence-corrected chi connectivity index (χ0v) is 13.4. The SMILES string of the molecule is CCn1nc(C)cc1CC(Cc1cccc(OC)c1)NC. The molecule has 0 spiro atoms. The van der Waals surface area contributed by atoms with Crippen molar-refractivity contribution in [3.05, 3.63) is 47.3 Å². The molecule has 0 fully saturated rings. The van der Waals surface area contributed by atoms with Crippen molar-refractivity contribution in [3.8, 4) is 5.75 Å². The minimum absolute atomic E-state index is 0.388. The third-order valence-electron chi connectivity index (χ3n) is 3.77. The van der Waals surface area contributed by atoms with Crippen molar-refractivity contribution >= 4 is 0 Å². The molecule has 1 unspecified atom stereocenters. The van der Waals surface area contributed by atoms with E-state index < -0.39 is 0 Å². The predicted molar refractivity (Wildman–Crippen MR) is 85.9 cm³/mol. The lowest BCUT2D eigenvalue weighted by Crippen LogP contribution is -2.30. The highest BCUT2D eigenvalue weighted by atomic mass is 16.5. The van der Waals surface area contributed by atoms with Gasteiger partial charge in [0, 0.05) is 24.7 Å². The molecule has 1 N–H and O–H groups in total. The number of aryl methyl sites for hydroxylation is 2. The van der Waals surface area contributed by atoms with Crippen LogP contribution in [-0.2, 0) is 19.4 Å². The van der Waals surface area contributed by atoms with Crippen LogP contribution in [0.5, 0.6) is 5.75 Å². The summed E-state index contributed by atoms with van der Waals surface area (Å²) < 4.78 is 7.38. The second-order valence-corrected chi connectivity index (χ2v) is 5.34. The average molecular weight is 287 g/mol. The van der Waals surface area contributed by atoms with Gasteiger partial charge in [-0.1, -0.05) is 12.1 Å². The first-order valence-corrected chi connectivity index (χ1v) is 7.49. The fraction of sp³-hybridized carbons (Fsp3) is 0.471. The van der Waals surface area contributed by atoms with Crippen LogP contribution < -0.4 is 10.1 Å². The quantitative estimate of drug-likeness (QED) is 0.851. The van der Waals surface area contributed by atoms with Crippen LogP contribution in [0.15, 0.2) is 30.3 Å². The standard InChI is InChI=1S/C17H25N3O/c1-5-20-16(9-13(2)19-20)12-15(18-3)10-14-7-6-8-17(11-14)21-4/h6-9,11,15,18H,5,10,12H2,1-4H3. The predicted octanol–water partition coefficient (Wildman–Crippen LogP) is 2.59. The van der Waals surface area contributed by atoms with E-state index in [0.717, 1.165) is 30.8 Å². The van der Waals surface area contributed by atoms with E-state index in [1.807, 2.05) is 26.1 Å². The van der Waals surface area contributed by atoms with Gasteiger partial charge in [0.25, 0.3) is 0 Å². The number of likely N-dealkylation sites (N-methyl/N-ethyl adjacent to an activating group) is 1. The van der Waals surface area contributed by atoms with E-state index in [2.05, 4.69) is 40.2 Å². The fourth-order valence-electron chi connectivity index (χ4n) is 2.65. The summed E-state index contributed by atoms with van der Waals surface area (Å²) in [5.41, 5.74) is 3.66. The van der Waals surface area contributed by atoms with Gasteiger partial charge in [-0.2, -0.15) is 5.10 Å². The Morgan fingerprint density at radius 2 is 2.10 bits per heavy atom. The van der Waals surface area contributed by atoms with Crippen LogP contribution in [0.4, 0.5) is 0 Å². The first-order valence-electron chi connectivity index (χ1n) is 7.49. The highest BCUT2D eigenvalue weighted by Crippen LogP contribution is 2.16. The van der Waals surface area contributed by atoms with Crippen molar-refractivity contribution in [2.24, 2.45) is 0 Å². The van der Waals surface area contributed by atoms with Gasteiger partial charge in [-0.3, -0.25) is 4.68 Å². The van der Waals surface area contributed by atoms with Crippen molar-refractivity contribution in [1.29, 1.82) is 0 Å². The maximum Gasteiger partial charge on any atom is 0.119 e. The lowest BCUT2D eigenvalue weighted by Gasteiger charge is -2.17. The molecule has 0 radical (unpaired) electrons. The van der Waals surface area contributed by atoms with E-state index in [4.69, 9.17) is 4.74 Å². The second-order valence-electron chi connectivity index (χ2n) is 5.34. The molecule has 4 nitrogen and oxygen atoms in total. The van der Waals surface area contributed by atoms with Gasteiger partial charge in [-0.25, -0.2) is 0 Å². The average Bonchev–Trinajstić information content (AvgIpc) is 2.86. The van der Waals surface area contributed by atoms with Crippen LogP contribution >= 0.6 is 0 Å². The molecule has 2 rings (SSSR count). The van der Waals surface area contributed by atoms with E-state index in [-0.39, 0.29) is 0 Å². The fourth-order valence-corrected chi connectivity index (χ4v) is 2.65. The molecule has 1 aromatic carbocycles. The Bertz CT molecular complexity index is 577. The number of nitrogens with zero attached hydrogens (tertiary/aromatic N) is 2. The molecule has 0 aliphatic rings. The van der Waals surface area contributed by atoms with E-state index in [1.165, 1.54) is 11.3 Å². The maximum atomic E-state index is 5.29. The van der Waals surface area contributed by atoms with Crippen LogP contribution in [-0.4, -0.2) is 30.0 Å². The first kappa shape index (κ1) is 15.6. The highest BCUT2D eigenvalue weighted by Gasteiger charge is 2.13. The minimum Gasteiger partial charge on any atom is -0.497 e. The van der Waals surface area contributed by atoms with E-state index >= 15 is 0 Å². The number of nitrogens with one attached hydrogen (secondary N) is 1. The van der Waals surface area contributed by atoms with Crippen molar-refractivity contribution in [1.82, 2.24) is 15.1 Å². The molecule has 1 heterocycles. The van der Waals surface area contributed by atoms with Gasteiger partial charge >= 0.3 is 0 Å². The van der Waals surface area contributed by atoms with Crippen LogP contribution in [0.25, 0.3) is 0 Å². The van der Waals surface area contributed by atoms with Gasteiger partial charge in [-0.05, 0) is 51.1 Å². The summed E-state index contributed by atoms with van der Waals surface area (Å²) in [6.07, 6.45) is 1.95. The molecule has 0 amide bonds. The highest BCUT2D eigenvalue weighted by molar-refractivity contribution is 5.29. The summed E-state index contributed by atoms with van der Waals surface area (Å²) in [6, 6.07) is 10.8. The number of hydrogen-bond acceptors (Lipinski definition) is 3. The van der Waals surface area contributed by atoms with Gasteiger partial charge in [0.05, 0.1) is 12.8 Å². The van der Waals surface area contributed by atoms with E-state index in [0.29, 0.717) is 6.04 Å². The topological polar surface area (TPSA) is 39.1 Å². The van der Waals surface area contributed by atoms with Gasteiger partial charge in [0.15, 0.2) is 0 Å². The maximum absolute atomic E-state index is 5.29. The largest absolute Gasteiger partial charge is 0.497 e. The van der Waals surface area contributed by atoms with Crippen molar-refractivity contribution < 1.29 is 4.74 Å². The molecular formula is C17H25N3O. The molecule has 0 aliphatic heterocycles. The Kier molecular flexibility index (Phi) is 5.39. The van der Waals surface area contributed by atoms with Gasteiger partial charge in [-0.15, -0.1) is 0 Å². The van der Waals surface area contributed by atoms with Gasteiger partial charge in [0.2, 0.25) is 0 Å². The Morgan fingerprint density at radius 3 is 2.76 bits per heavy atom. The minimum atomic E-state index is 0.388. The molecule has 4 heteroatoms. The van der Waals surface area contributed by atoms with E-state index in [9.17, 15) is 0 Å². The van der Waals surface area contributed by atoms with Crippen molar-refractivity contribution in [3.63, 3.8) is 0 Å². The molecule has 0 bridgehead atoms. The van der Waals surface area contributed by atoms with Crippen LogP contribution in [0, 0.1) is 6.92 Å². The monoisotopic (exact) mass is 287 g/mol. The first-order chi connectivity index (χ1) is 10.2. The summed E-state index contributed by atoms with van der Waals surface area (Å²) in [5, 5.41) is 7.93. The lowest BCUT2D eigenvalue weighted by molar-refractivity contribution is 0.413. The zero-order valence-electron chi connectivity index (χ0n) is 13.4. The summed E-state index contributed by atoms with van der Waals surface area (Å²) >= 11 is 0. The molecule has 114 valence electrons. The Labute approximate surface area is 127 Å². The number of methoxy groups -OCH3 is 1. The summed E-state index contributed by atoms with van der Waals surface area (Å²) in [6.45, 7) is 5.09. The van der Waals surface area contributed by atoms with Crippen LogP contribution in [0.3, 0.4) is 0 Å². The van der Waals surface area contributed by atoms with Crippen LogP contribution in [0.1, 0.15) is 23.9 Å². The number of ether oxygens (including phenoxy) is 1. The number of benzene rings is 1. The van der Waals surface area contributed by atoms with Crippen LogP contribution in [0.2, 0.25) is 0 Å². The number of aromatic nitrogens is 2. The molecule has 21 heavy (non-hydrogen) atoms. The normalized spacial score (nSPS) is 12.4. The van der Waals surface area contributed by atoms with Gasteiger partial charge in [0.1, 0.15) is 5.75 Å². The summed E-state index contributed by atoms with van der Waals surface area (Å²) in [4.78, 5) is 0. The lowest BCUT2D eigenvalue weighted by atomic mass is 10.0. The molecule has 1 atom stereocenters. The second kappa shape index (κ2) is 7.27. The zero-order chi connectivity index (χ0) is 15.2. The molecule has 0 aliphatic carbocycles. The number of rotatable bonds is 7. The number of hydrogen-bond donors (Lipinski definition) is 1. The van der Waals surface area contributed by atoms with Crippen molar-refractivity contribution in [2.45, 2.75) is 39.3 Å². The molecule has 1 aromatic heterocycles. The molecular weight excluding hydrogens is 262 g/mol. The third kappa shape index (κ3) is 4.08. The van der Waals surface area contributed by atoms with Crippen molar-refractivity contribution in [2.75, 3.05) is 14.2 Å². The summed E-state index contributed by atoms with van der Waals surface area (Å²) in [5.74, 6) is 0.914. The molecule has 2 aromatic rings. The molecule has 0 saturated heterocycles. The molecule has 0 saturated carbocycles. The third-order valence-corrected chi connectivity index (χ3v) is 3.77. The summed E-state index contributed by atoms with van der Waals surface area (Å²) in [7, 11) is 3.72. The Hall–Kier alpha value is -1.81. The Balaban J connectivity index is 2.08. The Morgan fingerprint density at radius 1 is 1.29 bits per heavy atom. The van der Waals surface area contributed by atoms with E-state index in [1.54, 1.807) is 7.11 Å². The van der Waals surface area contributed by atoms with Gasteiger partial charge < -0.3 is 10.1 Å².